The fourth-order valence-electron chi connectivity index (χ4n) is 3.65. The van der Waals surface area contributed by atoms with Crippen LogP contribution in [0.4, 0.5) is 11.6 Å². The van der Waals surface area contributed by atoms with Crippen molar-refractivity contribution in [3.63, 3.8) is 0 Å². The summed E-state index contributed by atoms with van der Waals surface area (Å²) in [5.41, 5.74) is 1.76. The summed E-state index contributed by atoms with van der Waals surface area (Å²) in [5.74, 6) is 2.76. The van der Waals surface area contributed by atoms with Crippen molar-refractivity contribution >= 4 is 28.2 Å². The third kappa shape index (κ3) is 2.92. The van der Waals surface area contributed by atoms with Crippen molar-refractivity contribution in [3.8, 4) is 0 Å². The van der Waals surface area contributed by atoms with E-state index < -0.39 is 0 Å². The SMILES string of the molecule is Cc1nc(N2CCCN(c3ccc4nccn4n3)CC2)c2ccncc2n1. The van der Waals surface area contributed by atoms with Crippen LogP contribution in [0.15, 0.2) is 43.0 Å². The molecule has 0 aliphatic carbocycles. The van der Waals surface area contributed by atoms with Crippen LogP contribution >= 0.6 is 0 Å². The van der Waals surface area contributed by atoms with Crippen LogP contribution in [-0.2, 0) is 0 Å². The van der Waals surface area contributed by atoms with Crippen LogP contribution < -0.4 is 9.80 Å². The number of hydrogen-bond acceptors (Lipinski definition) is 7. The van der Waals surface area contributed by atoms with Gasteiger partial charge in [0.05, 0.1) is 11.7 Å². The quantitative estimate of drug-likeness (QED) is 0.542. The van der Waals surface area contributed by atoms with Gasteiger partial charge in [0, 0.05) is 50.2 Å². The van der Waals surface area contributed by atoms with Gasteiger partial charge in [-0.05, 0) is 31.5 Å². The summed E-state index contributed by atoms with van der Waals surface area (Å²) in [5, 5.41) is 5.75. The molecule has 5 heterocycles. The van der Waals surface area contributed by atoms with Gasteiger partial charge in [-0.25, -0.2) is 19.5 Å². The molecule has 0 N–H and O–H groups in total. The summed E-state index contributed by atoms with van der Waals surface area (Å²) in [6, 6.07) is 6.06. The largest absolute Gasteiger partial charge is 0.354 e. The zero-order chi connectivity index (χ0) is 18.2. The van der Waals surface area contributed by atoms with E-state index in [0.717, 1.165) is 66.6 Å². The van der Waals surface area contributed by atoms with Crippen LogP contribution in [0.3, 0.4) is 0 Å². The highest BCUT2D eigenvalue weighted by Crippen LogP contribution is 2.25. The zero-order valence-electron chi connectivity index (χ0n) is 15.2. The van der Waals surface area contributed by atoms with Crippen molar-refractivity contribution in [2.45, 2.75) is 13.3 Å². The van der Waals surface area contributed by atoms with Crippen molar-refractivity contribution in [1.82, 2.24) is 29.5 Å². The molecule has 0 unspecified atom stereocenters. The molecule has 1 fully saturated rings. The van der Waals surface area contributed by atoms with Gasteiger partial charge in [0.1, 0.15) is 17.5 Å². The van der Waals surface area contributed by atoms with Crippen LogP contribution in [0.2, 0.25) is 0 Å². The lowest BCUT2D eigenvalue weighted by Crippen LogP contribution is -2.32. The van der Waals surface area contributed by atoms with E-state index in [1.165, 1.54) is 0 Å². The Hall–Kier alpha value is -3.29. The Balaban J connectivity index is 1.43. The smallest absolute Gasteiger partial charge is 0.153 e. The molecule has 8 heteroatoms. The predicted molar refractivity (Wildman–Crippen MR) is 104 cm³/mol. The van der Waals surface area contributed by atoms with E-state index in [1.807, 2.05) is 42.0 Å². The number of imidazole rings is 1. The first-order valence-electron chi connectivity index (χ1n) is 9.16. The highest BCUT2D eigenvalue weighted by atomic mass is 15.3. The monoisotopic (exact) mass is 360 g/mol. The highest BCUT2D eigenvalue weighted by molar-refractivity contribution is 5.88. The molecule has 0 radical (unpaired) electrons. The van der Waals surface area contributed by atoms with Crippen LogP contribution in [0.1, 0.15) is 12.2 Å². The molecule has 0 bridgehead atoms. The Kier molecular flexibility index (Phi) is 3.81. The van der Waals surface area contributed by atoms with Gasteiger partial charge in [0.25, 0.3) is 0 Å². The Morgan fingerprint density at radius 3 is 2.78 bits per heavy atom. The second-order valence-electron chi connectivity index (χ2n) is 6.74. The molecule has 8 nitrogen and oxygen atoms in total. The maximum absolute atomic E-state index is 4.74. The summed E-state index contributed by atoms with van der Waals surface area (Å²) in [4.78, 5) is 22.4. The van der Waals surface area contributed by atoms with Gasteiger partial charge in [-0.15, -0.1) is 5.10 Å². The van der Waals surface area contributed by atoms with Gasteiger partial charge >= 0.3 is 0 Å². The van der Waals surface area contributed by atoms with E-state index in [4.69, 9.17) is 10.1 Å². The normalized spacial score (nSPS) is 15.4. The van der Waals surface area contributed by atoms with E-state index in [2.05, 4.69) is 24.8 Å². The molecule has 1 aliphatic heterocycles. The van der Waals surface area contributed by atoms with Gasteiger partial charge in [0.2, 0.25) is 0 Å². The number of pyridine rings is 1. The van der Waals surface area contributed by atoms with Crippen molar-refractivity contribution in [2.24, 2.45) is 0 Å². The molecule has 0 aromatic carbocycles. The molecule has 0 atom stereocenters. The average molecular weight is 360 g/mol. The summed E-state index contributed by atoms with van der Waals surface area (Å²) in [6.07, 6.45) is 8.31. The molecule has 0 spiro atoms. The minimum Gasteiger partial charge on any atom is -0.354 e. The lowest BCUT2D eigenvalue weighted by Gasteiger charge is -2.24. The first-order valence-corrected chi connectivity index (χ1v) is 9.16. The van der Waals surface area contributed by atoms with Crippen molar-refractivity contribution in [3.05, 3.63) is 48.8 Å². The molecule has 0 amide bonds. The number of nitrogens with zero attached hydrogens (tertiary/aromatic N) is 8. The van der Waals surface area contributed by atoms with E-state index >= 15 is 0 Å². The van der Waals surface area contributed by atoms with Crippen molar-refractivity contribution in [2.75, 3.05) is 36.0 Å². The zero-order valence-corrected chi connectivity index (χ0v) is 15.2. The number of hydrogen-bond donors (Lipinski definition) is 0. The minimum atomic E-state index is 0.777. The molecule has 4 aromatic heterocycles. The summed E-state index contributed by atoms with van der Waals surface area (Å²) < 4.78 is 1.83. The number of aryl methyl sites for hydroxylation is 1. The molecule has 0 saturated carbocycles. The van der Waals surface area contributed by atoms with Gasteiger partial charge in [0.15, 0.2) is 5.65 Å². The van der Waals surface area contributed by atoms with Crippen molar-refractivity contribution in [1.29, 1.82) is 0 Å². The first-order chi connectivity index (χ1) is 13.3. The summed E-state index contributed by atoms with van der Waals surface area (Å²) in [7, 11) is 0. The number of rotatable bonds is 2. The summed E-state index contributed by atoms with van der Waals surface area (Å²) >= 11 is 0. The van der Waals surface area contributed by atoms with Crippen LogP contribution in [-0.4, -0.2) is 55.7 Å². The Morgan fingerprint density at radius 2 is 1.81 bits per heavy atom. The fourth-order valence-corrected chi connectivity index (χ4v) is 3.65. The second-order valence-corrected chi connectivity index (χ2v) is 6.74. The van der Waals surface area contributed by atoms with E-state index in [-0.39, 0.29) is 0 Å². The van der Waals surface area contributed by atoms with Crippen LogP contribution in [0.5, 0.6) is 0 Å². The molecule has 136 valence electrons. The Bertz CT molecular complexity index is 1110. The maximum Gasteiger partial charge on any atom is 0.153 e. The number of fused-ring (bicyclic) bond motifs is 2. The average Bonchev–Trinajstić information content (AvgIpc) is 3.02. The van der Waals surface area contributed by atoms with E-state index in [1.54, 1.807) is 12.4 Å². The predicted octanol–water partition coefficient (Wildman–Crippen LogP) is 2.09. The van der Waals surface area contributed by atoms with Gasteiger partial charge in [-0.3, -0.25) is 4.98 Å². The van der Waals surface area contributed by atoms with Gasteiger partial charge in [-0.1, -0.05) is 0 Å². The topological polar surface area (TPSA) is 75.3 Å². The van der Waals surface area contributed by atoms with Gasteiger partial charge < -0.3 is 9.80 Å². The molecular weight excluding hydrogens is 340 g/mol. The molecule has 1 aliphatic rings. The first kappa shape index (κ1) is 15.9. The second kappa shape index (κ2) is 6.46. The highest BCUT2D eigenvalue weighted by Gasteiger charge is 2.20. The van der Waals surface area contributed by atoms with Gasteiger partial charge in [-0.2, -0.15) is 0 Å². The molecular formula is C19H20N8. The Labute approximate surface area is 156 Å². The van der Waals surface area contributed by atoms with E-state index in [0.29, 0.717) is 0 Å². The maximum atomic E-state index is 4.74. The number of aromatic nitrogens is 6. The van der Waals surface area contributed by atoms with Crippen molar-refractivity contribution < 1.29 is 0 Å². The lowest BCUT2D eigenvalue weighted by atomic mass is 10.2. The standard InChI is InChI=1S/C19H20N8/c1-14-22-16-13-20-6-5-15(16)19(23-14)26-9-2-8-25(11-12-26)18-4-3-17-21-7-10-27(17)24-18/h3-7,10,13H,2,8-9,11-12H2,1H3. The minimum absolute atomic E-state index is 0.777. The molecule has 27 heavy (non-hydrogen) atoms. The van der Waals surface area contributed by atoms with Crippen LogP contribution in [0, 0.1) is 6.92 Å². The Morgan fingerprint density at radius 1 is 0.926 bits per heavy atom. The third-order valence-electron chi connectivity index (χ3n) is 4.95. The number of anilines is 2. The lowest BCUT2D eigenvalue weighted by molar-refractivity contribution is 0.776. The fraction of sp³-hybridized carbons (Fsp3) is 0.316. The van der Waals surface area contributed by atoms with Crippen LogP contribution in [0.25, 0.3) is 16.6 Å². The molecule has 5 rings (SSSR count). The molecule has 1 saturated heterocycles. The third-order valence-corrected chi connectivity index (χ3v) is 4.95. The summed E-state index contributed by atoms with van der Waals surface area (Å²) in [6.45, 7) is 5.63. The van der Waals surface area contributed by atoms with E-state index in [9.17, 15) is 0 Å². The molecule has 4 aromatic rings.